The number of hydrogen-bond acceptors (Lipinski definition) is 5. The number of nitrogens with one attached hydrogen (secondary N) is 2. The van der Waals surface area contributed by atoms with Gasteiger partial charge in [-0.15, -0.1) is 0 Å². The normalized spacial score (nSPS) is 20.5. The lowest BCUT2D eigenvalue weighted by atomic mass is 9.85. The molecule has 9 nitrogen and oxygen atoms in total. The maximum atomic E-state index is 13.8. The predicted molar refractivity (Wildman–Crippen MR) is 150 cm³/mol. The molecule has 0 spiro atoms. The summed E-state index contributed by atoms with van der Waals surface area (Å²) in [6.07, 6.45) is 8.18. The van der Waals surface area contributed by atoms with Crippen LogP contribution in [-0.4, -0.2) is 63.5 Å². The highest BCUT2D eigenvalue weighted by atomic mass is 19.2. The molecule has 2 amide bonds. The fraction of sp³-hybridized carbons (Fsp3) is 0.533. The van der Waals surface area contributed by atoms with E-state index in [1.807, 2.05) is 24.5 Å². The van der Waals surface area contributed by atoms with Crippen molar-refractivity contribution in [1.29, 1.82) is 0 Å². The minimum atomic E-state index is -1.11. The lowest BCUT2D eigenvalue weighted by molar-refractivity contribution is -0.126. The van der Waals surface area contributed by atoms with Crippen LogP contribution in [0.15, 0.2) is 35.5 Å². The van der Waals surface area contributed by atoms with Crippen LogP contribution in [0.1, 0.15) is 75.2 Å². The van der Waals surface area contributed by atoms with Crippen LogP contribution >= 0.6 is 0 Å². The van der Waals surface area contributed by atoms with Crippen LogP contribution in [0.5, 0.6) is 5.88 Å². The van der Waals surface area contributed by atoms with E-state index in [9.17, 15) is 18.4 Å². The molecular formula is C30H38F2N6O3. The highest BCUT2D eigenvalue weighted by Gasteiger charge is 2.29. The maximum Gasteiger partial charge on any atom is 0.280 e. The number of hydrogen-bond donors (Lipinski definition) is 2. The van der Waals surface area contributed by atoms with Gasteiger partial charge in [-0.25, -0.2) is 13.8 Å². The molecule has 2 N–H and O–H groups in total. The standard InChI is InChI=1S/C30H38F2N6O3/c1-19(2)34-28(39)20-6-9-22(10-7-20)38-26-17-27(41-15-14-37-12-4-3-5-13-37)33-18-25(26)35-30(38)36-29(40)21-8-11-23(31)24(32)16-21/h8,11,16-20,22H,3-7,9-10,12-15H2,1-2H3,(H,34,39)(H,35,36,40). The molecule has 5 rings (SSSR count). The van der Waals surface area contributed by atoms with E-state index in [1.54, 1.807) is 6.20 Å². The average Bonchev–Trinajstić information content (AvgIpc) is 3.31. The molecule has 1 saturated heterocycles. The number of imidazole rings is 1. The van der Waals surface area contributed by atoms with E-state index >= 15 is 0 Å². The summed E-state index contributed by atoms with van der Waals surface area (Å²) in [4.78, 5) is 39.9. The third-order valence-electron chi connectivity index (χ3n) is 7.93. The number of benzene rings is 1. The zero-order chi connectivity index (χ0) is 28.9. The zero-order valence-electron chi connectivity index (χ0n) is 23.7. The van der Waals surface area contributed by atoms with Crippen molar-refractivity contribution in [1.82, 2.24) is 24.8 Å². The van der Waals surface area contributed by atoms with Crippen LogP contribution in [-0.2, 0) is 4.79 Å². The summed E-state index contributed by atoms with van der Waals surface area (Å²) in [6.45, 7) is 7.42. The van der Waals surface area contributed by atoms with Crippen molar-refractivity contribution in [3.05, 3.63) is 53.3 Å². The third kappa shape index (κ3) is 7.01. The molecule has 41 heavy (non-hydrogen) atoms. The summed E-state index contributed by atoms with van der Waals surface area (Å²) >= 11 is 0. The Morgan fingerprint density at radius 1 is 1.10 bits per heavy atom. The Kier molecular flexibility index (Phi) is 9.12. The van der Waals surface area contributed by atoms with Gasteiger partial charge in [0, 0.05) is 36.2 Å². The summed E-state index contributed by atoms with van der Waals surface area (Å²) in [5.41, 5.74) is 1.69. The van der Waals surface area contributed by atoms with Gasteiger partial charge in [-0.3, -0.25) is 14.5 Å². The van der Waals surface area contributed by atoms with Crippen molar-refractivity contribution in [2.75, 3.05) is 26.2 Å². The first-order valence-electron chi connectivity index (χ1n) is 14.6. The second-order valence-corrected chi connectivity index (χ2v) is 11.3. The third-order valence-corrected chi connectivity index (χ3v) is 7.93. The van der Waals surface area contributed by atoms with Gasteiger partial charge in [0.15, 0.2) is 11.6 Å². The fourth-order valence-corrected chi connectivity index (χ4v) is 5.80. The van der Waals surface area contributed by atoms with Gasteiger partial charge in [-0.05, 0) is 83.7 Å². The van der Waals surface area contributed by atoms with Gasteiger partial charge in [-0.1, -0.05) is 6.42 Å². The number of amides is 2. The predicted octanol–water partition coefficient (Wildman–Crippen LogP) is 4.50. The second-order valence-electron chi connectivity index (χ2n) is 11.3. The van der Waals surface area contributed by atoms with Crippen LogP contribution in [0, 0.1) is 17.6 Å². The van der Waals surface area contributed by atoms with Gasteiger partial charge >= 0.3 is 0 Å². The Morgan fingerprint density at radius 3 is 2.56 bits per heavy atom. The van der Waals surface area contributed by atoms with Gasteiger partial charge in [0.05, 0.1) is 17.2 Å². The Bertz CT molecular complexity index is 1450. The van der Waals surface area contributed by atoms with Gasteiger partial charge < -0.3 is 19.6 Å². The molecule has 220 valence electrons. The smallest absolute Gasteiger partial charge is 0.280 e. The fourth-order valence-electron chi connectivity index (χ4n) is 5.80. The van der Waals surface area contributed by atoms with Crippen LogP contribution in [0.2, 0.25) is 0 Å². The maximum absolute atomic E-state index is 13.8. The molecule has 0 atom stereocenters. The number of H-pyrrole nitrogens is 1. The molecule has 1 aromatic carbocycles. The van der Waals surface area contributed by atoms with Crippen molar-refractivity contribution in [3.8, 4) is 5.88 Å². The second kappa shape index (κ2) is 12.9. The number of piperidine rings is 1. The number of rotatable bonds is 8. The largest absolute Gasteiger partial charge is 0.476 e. The molecule has 3 heterocycles. The molecule has 1 aliphatic carbocycles. The molecule has 2 aromatic heterocycles. The summed E-state index contributed by atoms with van der Waals surface area (Å²) in [7, 11) is 0. The SMILES string of the molecule is CC(C)NC(=O)C1CCC(n2/c(=N/C(=O)c3ccc(F)c(F)c3)[nH]c3cnc(OCCN4CCCCC4)cc32)CC1. The van der Waals surface area contributed by atoms with E-state index in [-0.39, 0.29) is 35.1 Å². The lowest BCUT2D eigenvalue weighted by Gasteiger charge is -2.29. The van der Waals surface area contributed by atoms with Crippen molar-refractivity contribution >= 4 is 22.8 Å². The topological polar surface area (TPSA) is 105 Å². The van der Waals surface area contributed by atoms with Crippen LogP contribution in [0.3, 0.4) is 0 Å². The van der Waals surface area contributed by atoms with Crippen LogP contribution in [0.4, 0.5) is 8.78 Å². The first kappa shape index (κ1) is 28.9. The molecule has 0 radical (unpaired) electrons. The van der Waals surface area contributed by atoms with Crippen LogP contribution in [0.25, 0.3) is 11.0 Å². The summed E-state index contributed by atoms with van der Waals surface area (Å²) in [6, 6.07) is 4.87. The summed E-state index contributed by atoms with van der Waals surface area (Å²) in [5.74, 6) is -2.36. The quantitative estimate of drug-likeness (QED) is 0.416. The Morgan fingerprint density at radius 2 is 1.85 bits per heavy atom. The van der Waals surface area contributed by atoms with Gasteiger partial charge in [0.2, 0.25) is 17.4 Å². The minimum Gasteiger partial charge on any atom is -0.476 e. The Labute approximate surface area is 238 Å². The number of fused-ring (bicyclic) bond motifs is 1. The molecule has 1 saturated carbocycles. The summed E-state index contributed by atoms with van der Waals surface area (Å²) in [5, 5.41) is 3.01. The minimum absolute atomic E-state index is 0.0352. The monoisotopic (exact) mass is 568 g/mol. The number of carbonyl (C=O) groups is 2. The average molecular weight is 569 g/mol. The number of nitrogens with zero attached hydrogens (tertiary/aromatic N) is 4. The number of carbonyl (C=O) groups excluding carboxylic acids is 2. The number of pyridine rings is 1. The Hall–Kier alpha value is -3.60. The number of aromatic nitrogens is 3. The van der Waals surface area contributed by atoms with Crippen molar-refractivity contribution in [2.24, 2.45) is 10.9 Å². The lowest BCUT2D eigenvalue weighted by Crippen LogP contribution is -2.38. The van der Waals surface area contributed by atoms with Crippen LogP contribution < -0.4 is 15.7 Å². The van der Waals surface area contributed by atoms with E-state index in [0.29, 0.717) is 43.7 Å². The first-order chi connectivity index (χ1) is 19.8. The number of aromatic amines is 1. The molecule has 0 bridgehead atoms. The molecule has 0 unspecified atom stereocenters. The molecule has 3 aromatic rings. The van der Waals surface area contributed by atoms with E-state index in [2.05, 4.69) is 25.2 Å². The molecule has 11 heteroatoms. The Balaban J connectivity index is 1.43. The highest BCUT2D eigenvalue weighted by Crippen LogP contribution is 2.34. The molecular weight excluding hydrogens is 530 g/mol. The van der Waals surface area contributed by atoms with E-state index in [1.165, 1.54) is 25.3 Å². The highest BCUT2D eigenvalue weighted by molar-refractivity contribution is 5.95. The number of ether oxygens (including phenoxy) is 1. The molecule has 2 fully saturated rings. The van der Waals surface area contributed by atoms with E-state index in [0.717, 1.165) is 37.3 Å². The number of likely N-dealkylation sites (tertiary alicyclic amines) is 1. The van der Waals surface area contributed by atoms with Gasteiger partial charge in [0.25, 0.3) is 5.91 Å². The molecule has 2 aliphatic rings. The number of halogens is 2. The van der Waals surface area contributed by atoms with E-state index < -0.39 is 17.5 Å². The van der Waals surface area contributed by atoms with Crippen molar-refractivity contribution in [2.45, 2.75) is 70.9 Å². The zero-order valence-corrected chi connectivity index (χ0v) is 23.7. The first-order valence-corrected chi connectivity index (χ1v) is 14.6. The van der Waals surface area contributed by atoms with Crippen molar-refractivity contribution in [3.63, 3.8) is 0 Å². The molecule has 1 aliphatic heterocycles. The summed E-state index contributed by atoms with van der Waals surface area (Å²) < 4.78 is 35.3. The van der Waals surface area contributed by atoms with E-state index in [4.69, 9.17) is 4.74 Å². The van der Waals surface area contributed by atoms with Gasteiger partial charge in [0.1, 0.15) is 6.61 Å². The van der Waals surface area contributed by atoms with Crippen molar-refractivity contribution < 1.29 is 23.1 Å². The van der Waals surface area contributed by atoms with Gasteiger partial charge in [-0.2, -0.15) is 4.99 Å².